The first kappa shape index (κ1) is 16.9. The van der Waals surface area contributed by atoms with Crippen molar-refractivity contribution in [2.75, 3.05) is 46.3 Å². The molecule has 116 valence electrons. The normalized spacial score (nSPS) is 15.8. The Labute approximate surface area is 121 Å². The monoisotopic (exact) mass is 284 g/mol. The van der Waals surface area contributed by atoms with E-state index >= 15 is 0 Å². The van der Waals surface area contributed by atoms with E-state index in [1.54, 1.807) is 4.90 Å². The number of amides is 2. The molecule has 0 aromatic heterocycles. The summed E-state index contributed by atoms with van der Waals surface area (Å²) in [5.74, 6) is 0.0960. The van der Waals surface area contributed by atoms with Crippen LogP contribution in [0.3, 0.4) is 0 Å². The van der Waals surface area contributed by atoms with E-state index in [0.717, 1.165) is 39.0 Å². The smallest absolute Gasteiger partial charge is 0.236 e. The Kier molecular flexibility index (Phi) is 7.54. The largest absolute Gasteiger partial charge is 0.352 e. The van der Waals surface area contributed by atoms with Crippen molar-refractivity contribution in [1.29, 1.82) is 0 Å². The van der Waals surface area contributed by atoms with E-state index in [1.807, 2.05) is 11.9 Å². The predicted octanol–water partition coefficient (Wildman–Crippen LogP) is -0.345. The zero-order valence-corrected chi connectivity index (χ0v) is 12.9. The third kappa shape index (κ3) is 5.88. The van der Waals surface area contributed by atoms with Crippen molar-refractivity contribution in [3.05, 3.63) is 0 Å². The van der Waals surface area contributed by atoms with Crippen molar-refractivity contribution in [2.45, 2.75) is 32.7 Å². The zero-order chi connectivity index (χ0) is 15.0. The van der Waals surface area contributed by atoms with Crippen LogP contribution in [0.4, 0.5) is 0 Å². The summed E-state index contributed by atoms with van der Waals surface area (Å²) in [6, 6.07) is 0.236. The molecule has 0 spiro atoms. The van der Waals surface area contributed by atoms with Crippen LogP contribution in [0.25, 0.3) is 0 Å². The summed E-state index contributed by atoms with van der Waals surface area (Å²) in [6.45, 7) is 7.91. The van der Waals surface area contributed by atoms with Crippen molar-refractivity contribution < 1.29 is 9.59 Å². The summed E-state index contributed by atoms with van der Waals surface area (Å²) in [6.07, 6.45) is 1.87. The molecule has 1 fully saturated rings. The number of likely N-dealkylation sites (N-methyl/N-ethyl adjacent to an activating group) is 1. The fourth-order valence-corrected chi connectivity index (χ4v) is 2.31. The minimum Gasteiger partial charge on any atom is -0.352 e. The van der Waals surface area contributed by atoms with Gasteiger partial charge in [-0.3, -0.25) is 14.5 Å². The molecular weight excluding hydrogens is 256 g/mol. The van der Waals surface area contributed by atoms with Gasteiger partial charge in [-0.25, -0.2) is 0 Å². The number of hydrogen-bond acceptors (Lipinski definition) is 4. The van der Waals surface area contributed by atoms with Gasteiger partial charge in [0.2, 0.25) is 11.8 Å². The number of nitrogens with one attached hydrogen (secondary N) is 2. The van der Waals surface area contributed by atoms with Gasteiger partial charge in [0.15, 0.2) is 0 Å². The second-order valence-corrected chi connectivity index (χ2v) is 5.38. The van der Waals surface area contributed by atoms with Crippen LogP contribution in [0.1, 0.15) is 26.7 Å². The van der Waals surface area contributed by atoms with Gasteiger partial charge in [0.05, 0.1) is 13.1 Å². The van der Waals surface area contributed by atoms with Crippen molar-refractivity contribution in [3.63, 3.8) is 0 Å². The van der Waals surface area contributed by atoms with Gasteiger partial charge in [-0.15, -0.1) is 0 Å². The molecule has 1 aliphatic rings. The number of hydrogen-bond donors (Lipinski definition) is 2. The fraction of sp³-hybridized carbons (Fsp3) is 0.857. The van der Waals surface area contributed by atoms with Gasteiger partial charge in [-0.05, 0) is 19.9 Å². The Morgan fingerprint density at radius 3 is 2.35 bits per heavy atom. The van der Waals surface area contributed by atoms with E-state index in [9.17, 15) is 9.59 Å². The lowest BCUT2D eigenvalue weighted by molar-refractivity contribution is -0.133. The molecule has 0 aromatic rings. The Morgan fingerprint density at radius 1 is 1.20 bits per heavy atom. The van der Waals surface area contributed by atoms with Gasteiger partial charge in [0.1, 0.15) is 0 Å². The molecule has 0 aliphatic carbocycles. The topological polar surface area (TPSA) is 64.7 Å². The lowest BCUT2D eigenvalue weighted by atomic mass is 10.2. The van der Waals surface area contributed by atoms with Crippen molar-refractivity contribution in [3.8, 4) is 0 Å². The second kappa shape index (κ2) is 8.92. The summed E-state index contributed by atoms with van der Waals surface area (Å²) in [5, 5.41) is 6.20. The number of carbonyl (C=O) groups excluding carboxylic acids is 2. The van der Waals surface area contributed by atoms with Gasteiger partial charge in [-0.2, -0.15) is 0 Å². The van der Waals surface area contributed by atoms with Crippen LogP contribution in [-0.2, 0) is 9.59 Å². The maximum atomic E-state index is 12.0. The highest BCUT2D eigenvalue weighted by Crippen LogP contribution is 1.98. The molecule has 0 unspecified atom stereocenters. The van der Waals surface area contributed by atoms with E-state index in [4.69, 9.17) is 0 Å². The highest BCUT2D eigenvalue weighted by molar-refractivity contribution is 5.81. The van der Waals surface area contributed by atoms with Crippen molar-refractivity contribution in [1.82, 2.24) is 20.4 Å². The van der Waals surface area contributed by atoms with Crippen LogP contribution in [0.5, 0.6) is 0 Å². The Bertz CT molecular complexity index is 312. The minimum atomic E-state index is -0.00527. The standard InChI is InChI=1S/C14H28N4O2/c1-4-12(5-2)16-13(19)10-17(3)11-14(20)18-8-6-15-7-9-18/h12,15H,4-11H2,1-3H3,(H,16,19). The van der Waals surface area contributed by atoms with E-state index < -0.39 is 0 Å². The molecule has 0 saturated carbocycles. The molecule has 2 N–H and O–H groups in total. The van der Waals surface area contributed by atoms with Crippen LogP contribution >= 0.6 is 0 Å². The Balaban J connectivity index is 2.29. The summed E-state index contributed by atoms with van der Waals surface area (Å²) in [4.78, 5) is 27.5. The molecule has 2 amide bonds. The number of piperazine rings is 1. The van der Waals surface area contributed by atoms with Gasteiger partial charge in [0, 0.05) is 32.2 Å². The maximum absolute atomic E-state index is 12.0. The molecule has 1 saturated heterocycles. The summed E-state index contributed by atoms with van der Waals surface area (Å²) >= 11 is 0. The quantitative estimate of drug-likeness (QED) is 0.671. The summed E-state index contributed by atoms with van der Waals surface area (Å²) in [5.41, 5.74) is 0. The SMILES string of the molecule is CCC(CC)NC(=O)CN(C)CC(=O)N1CCNCC1. The summed E-state index contributed by atoms with van der Waals surface area (Å²) in [7, 11) is 1.81. The van der Waals surface area contributed by atoms with E-state index in [0.29, 0.717) is 6.54 Å². The van der Waals surface area contributed by atoms with Crippen molar-refractivity contribution in [2.24, 2.45) is 0 Å². The molecule has 1 heterocycles. The van der Waals surface area contributed by atoms with Crippen LogP contribution < -0.4 is 10.6 Å². The molecule has 1 rings (SSSR count). The zero-order valence-electron chi connectivity index (χ0n) is 12.9. The van der Waals surface area contributed by atoms with Gasteiger partial charge < -0.3 is 15.5 Å². The molecule has 0 bridgehead atoms. The summed E-state index contributed by atoms with van der Waals surface area (Å²) < 4.78 is 0. The van der Waals surface area contributed by atoms with Gasteiger partial charge in [0.25, 0.3) is 0 Å². The maximum Gasteiger partial charge on any atom is 0.236 e. The van der Waals surface area contributed by atoms with Crippen LogP contribution in [0.15, 0.2) is 0 Å². The van der Waals surface area contributed by atoms with E-state index in [-0.39, 0.29) is 24.4 Å². The van der Waals surface area contributed by atoms with Crippen molar-refractivity contribution >= 4 is 11.8 Å². The van der Waals surface area contributed by atoms with Gasteiger partial charge in [-0.1, -0.05) is 13.8 Å². The Morgan fingerprint density at radius 2 is 1.80 bits per heavy atom. The molecular formula is C14H28N4O2. The average Bonchev–Trinajstić information content (AvgIpc) is 2.45. The molecule has 6 heteroatoms. The first-order chi connectivity index (χ1) is 9.56. The first-order valence-electron chi connectivity index (χ1n) is 7.53. The van der Waals surface area contributed by atoms with Crippen LogP contribution in [0, 0.1) is 0 Å². The molecule has 1 aliphatic heterocycles. The highest BCUT2D eigenvalue weighted by Gasteiger charge is 2.19. The highest BCUT2D eigenvalue weighted by atomic mass is 16.2. The third-order valence-electron chi connectivity index (χ3n) is 3.64. The molecule has 20 heavy (non-hydrogen) atoms. The minimum absolute atomic E-state index is 0.00527. The first-order valence-corrected chi connectivity index (χ1v) is 7.53. The van der Waals surface area contributed by atoms with Crippen LogP contribution in [-0.4, -0.2) is 74.0 Å². The number of nitrogens with zero attached hydrogens (tertiary/aromatic N) is 2. The molecule has 0 atom stereocenters. The number of carbonyl (C=O) groups is 2. The third-order valence-corrected chi connectivity index (χ3v) is 3.64. The average molecular weight is 284 g/mol. The molecule has 6 nitrogen and oxygen atoms in total. The van der Waals surface area contributed by atoms with Gasteiger partial charge >= 0.3 is 0 Å². The lowest BCUT2D eigenvalue weighted by Crippen LogP contribution is -2.50. The molecule has 0 radical (unpaired) electrons. The lowest BCUT2D eigenvalue weighted by Gasteiger charge is -2.29. The number of rotatable bonds is 7. The Hall–Kier alpha value is -1.14. The van der Waals surface area contributed by atoms with E-state index in [1.165, 1.54) is 0 Å². The molecule has 0 aromatic carbocycles. The van der Waals surface area contributed by atoms with Crippen LogP contribution in [0.2, 0.25) is 0 Å². The second-order valence-electron chi connectivity index (χ2n) is 5.38. The van der Waals surface area contributed by atoms with E-state index in [2.05, 4.69) is 24.5 Å². The fourth-order valence-electron chi connectivity index (χ4n) is 2.31. The predicted molar refractivity (Wildman–Crippen MR) is 79.5 cm³/mol.